The van der Waals surface area contributed by atoms with E-state index in [9.17, 15) is 4.79 Å². The standard InChI is InChI=1S/C21H16ClN5O3/c22-16-7-5-14(6-8-16)13-29-18-4-2-1-3-17(18)20(28)25-26-21-24-19(27-30-21)15-9-11-23-12-10-15/h1-12H,13H2,(H,25,28)(H,24,26,27). The first-order valence-electron chi connectivity index (χ1n) is 8.96. The smallest absolute Gasteiger partial charge is 0.340 e. The third-order valence-corrected chi connectivity index (χ3v) is 4.34. The number of hydrogen-bond acceptors (Lipinski definition) is 7. The van der Waals surface area contributed by atoms with Gasteiger partial charge in [-0.2, -0.15) is 4.98 Å². The van der Waals surface area contributed by atoms with Crippen LogP contribution in [0.5, 0.6) is 5.75 Å². The number of hydrazine groups is 1. The first-order chi connectivity index (χ1) is 14.7. The molecule has 0 spiro atoms. The summed E-state index contributed by atoms with van der Waals surface area (Å²) in [5, 5.41) is 4.51. The molecule has 2 N–H and O–H groups in total. The lowest BCUT2D eigenvalue weighted by Crippen LogP contribution is -2.29. The Morgan fingerprint density at radius 2 is 1.80 bits per heavy atom. The second-order valence-electron chi connectivity index (χ2n) is 6.15. The van der Waals surface area contributed by atoms with Crippen LogP contribution in [0.25, 0.3) is 11.4 Å². The summed E-state index contributed by atoms with van der Waals surface area (Å²) in [5.41, 5.74) is 7.18. The predicted octanol–water partition coefficient (Wildman–Crippen LogP) is 4.12. The van der Waals surface area contributed by atoms with Crippen LogP contribution in [0, 0.1) is 0 Å². The number of nitrogens with zero attached hydrogens (tertiary/aromatic N) is 3. The first-order valence-corrected chi connectivity index (χ1v) is 9.33. The molecule has 4 aromatic rings. The number of amides is 1. The van der Waals surface area contributed by atoms with Crippen LogP contribution < -0.4 is 15.6 Å². The van der Waals surface area contributed by atoms with E-state index < -0.39 is 5.91 Å². The Labute approximate surface area is 176 Å². The van der Waals surface area contributed by atoms with Gasteiger partial charge in [-0.1, -0.05) is 41.0 Å². The van der Waals surface area contributed by atoms with Crippen LogP contribution in [0.2, 0.25) is 5.02 Å². The normalized spacial score (nSPS) is 10.4. The van der Waals surface area contributed by atoms with Crippen LogP contribution >= 0.6 is 11.6 Å². The summed E-state index contributed by atoms with van der Waals surface area (Å²) in [6.45, 7) is 0.299. The van der Waals surface area contributed by atoms with Crippen LogP contribution in [0.4, 0.5) is 6.01 Å². The fourth-order valence-corrected chi connectivity index (χ4v) is 2.72. The fraction of sp³-hybridized carbons (Fsp3) is 0.0476. The molecule has 2 aromatic carbocycles. The van der Waals surface area contributed by atoms with Crippen molar-refractivity contribution in [2.45, 2.75) is 6.61 Å². The van der Waals surface area contributed by atoms with Gasteiger partial charge in [0.05, 0.1) is 5.56 Å². The van der Waals surface area contributed by atoms with Gasteiger partial charge in [0.15, 0.2) is 0 Å². The molecule has 150 valence electrons. The maximum Gasteiger partial charge on any atom is 0.340 e. The molecule has 0 aliphatic heterocycles. The third kappa shape index (κ3) is 4.73. The first kappa shape index (κ1) is 19.4. The lowest BCUT2D eigenvalue weighted by atomic mass is 10.2. The molecule has 30 heavy (non-hydrogen) atoms. The minimum atomic E-state index is -0.412. The van der Waals surface area contributed by atoms with E-state index in [1.165, 1.54) is 0 Å². The number of pyridine rings is 1. The minimum Gasteiger partial charge on any atom is -0.488 e. The van der Waals surface area contributed by atoms with Crippen LogP contribution in [-0.2, 0) is 6.61 Å². The van der Waals surface area contributed by atoms with Gasteiger partial charge >= 0.3 is 6.01 Å². The molecule has 0 aliphatic rings. The molecule has 0 fully saturated rings. The van der Waals surface area contributed by atoms with Crippen LogP contribution in [0.1, 0.15) is 15.9 Å². The van der Waals surface area contributed by atoms with E-state index in [2.05, 4.69) is 26.0 Å². The highest BCUT2D eigenvalue weighted by Gasteiger charge is 2.14. The summed E-state index contributed by atoms with van der Waals surface area (Å²) < 4.78 is 10.9. The Kier molecular flexibility index (Phi) is 5.86. The highest BCUT2D eigenvalue weighted by molar-refractivity contribution is 6.30. The maximum atomic E-state index is 12.6. The second kappa shape index (κ2) is 9.06. The van der Waals surface area contributed by atoms with Crippen molar-refractivity contribution in [1.82, 2.24) is 20.6 Å². The Morgan fingerprint density at radius 1 is 1.03 bits per heavy atom. The Balaban J connectivity index is 1.39. The molecule has 0 unspecified atom stereocenters. The summed E-state index contributed by atoms with van der Waals surface area (Å²) in [5.74, 6) is 0.404. The molecular formula is C21H16ClN5O3. The van der Waals surface area contributed by atoms with Crippen molar-refractivity contribution < 1.29 is 14.1 Å². The minimum absolute atomic E-state index is 0.0507. The summed E-state index contributed by atoms with van der Waals surface area (Å²) in [6, 6.07) is 17.8. The van der Waals surface area contributed by atoms with Crippen molar-refractivity contribution in [3.63, 3.8) is 0 Å². The van der Waals surface area contributed by atoms with Crippen molar-refractivity contribution in [3.05, 3.63) is 89.2 Å². The molecule has 2 aromatic heterocycles. The van der Waals surface area contributed by atoms with Gasteiger partial charge in [-0.3, -0.25) is 15.2 Å². The van der Waals surface area contributed by atoms with Crippen molar-refractivity contribution in [2.75, 3.05) is 5.43 Å². The monoisotopic (exact) mass is 421 g/mol. The average Bonchev–Trinajstić information content (AvgIpc) is 3.27. The fourth-order valence-electron chi connectivity index (χ4n) is 2.59. The SMILES string of the molecule is O=C(NNc1nc(-c2ccncc2)no1)c1ccccc1OCc1ccc(Cl)cc1. The number of carbonyl (C=O) groups is 1. The number of ether oxygens (including phenoxy) is 1. The van der Waals surface area contributed by atoms with Gasteiger partial charge in [-0.25, -0.2) is 5.43 Å². The van der Waals surface area contributed by atoms with E-state index in [-0.39, 0.29) is 6.01 Å². The Hall–Kier alpha value is -3.91. The number of rotatable bonds is 7. The van der Waals surface area contributed by atoms with Crippen molar-refractivity contribution in [2.24, 2.45) is 0 Å². The molecule has 0 saturated heterocycles. The van der Waals surface area contributed by atoms with E-state index >= 15 is 0 Å². The zero-order chi connectivity index (χ0) is 20.8. The topological polar surface area (TPSA) is 102 Å². The Bertz CT molecular complexity index is 1130. The molecule has 0 saturated carbocycles. The summed E-state index contributed by atoms with van der Waals surface area (Å²) >= 11 is 5.90. The van der Waals surface area contributed by atoms with E-state index in [4.69, 9.17) is 20.9 Å². The van der Waals surface area contributed by atoms with Crippen LogP contribution in [0.15, 0.2) is 77.6 Å². The highest BCUT2D eigenvalue weighted by atomic mass is 35.5. The molecule has 8 nitrogen and oxygen atoms in total. The largest absolute Gasteiger partial charge is 0.488 e. The number of hydrogen-bond donors (Lipinski definition) is 2. The second-order valence-corrected chi connectivity index (χ2v) is 6.59. The number of para-hydroxylation sites is 1. The highest BCUT2D eigenvalue weighted by Crippen LogP contribution is 2.20. The zero-order valence-corrected chi connectivity index (χ0v) is 16.3. The van der Waals surface area contributed by atoms with Crippen molar-refractivity contribution in [1.29, 1.82) is 0 Å². The Morgan fingerprint density at radius 3 is 2.60 bits per heavy atom. The van der Waals surface area contributed by atoms with Gasteiger partial charge < -0.3 is 9.26 Å². The number of carbonyl (C=O) groups excluding carboxylic acids is 1. The van der Waals surface area contributed by atoms with E-state index in [0.29, 0.717) is 28.8 Å². The number of anilines is 1. The van der Waals surface area contributed by atoms with Gasteiger partial charge in [0, 0.05) is 23.0 Å². The van der Waals surface area contributed by atoms with Crippen LogP contribution in [-0.4, -0.2) is 21.0 Å². The average molecular weight is 422 g/mol. The maximum absolute atomic E-state index is 12.6. The van der Waals surface area contributed by atoms with Crippen molar-refractivity contribution >= 4 is 23.5 Å². The molecule has 0 radical (unpaired) electrons. The van der Waals surface area contributed by atoms with Gasteiger partial charge in [0.1, 0.15) is 12.4 Å². The summed E-state index contributed by atoms with van der Waals surface area (Å²) in [7, 11) is 0. The lowest BCUT2D eigenvalue weighted by Gasteiger charge is -2.11. The number of nitrogens with one attached hydrogen (secondary N) is 2. The quantitative estimate of drug-likeness (QED) is 0.432. The van der Waals surface area contributed by atoms with Gasteiger partial charge in [0.2, 0.25) is 5.82 Å². The predicted molar refractivity (Wildman–Crippen MR) is 111 cm³/mol. The molecule has 0 atom stereocenters. The van der Waals surface area contributed by atoms with E-state index in [1.807, 2.05) is 12.1 Å². The molecule has 9 heteroatoms. The number of aromatic nitrogens is 3. The number of halogens is 1. The van der Waals surface area contributed by atoms with Crippen molar-refractivity contribution in [3.8, 4) is 17.1 Å². The van der Waals surface area contributed by atoms with E-state index in [1.54, 1.807) is 60.9 Å². The zero-order valence-electron chi connectivity index (χ0n) is 15.6. The van der Waals surface area contributed by atoms with Gasteiger partial charge in [-0.15, -0.1) is 0 Å². The molecular weight excluding hydrogens is 406 g/mol. The molecule has 0 aliphatic carbocycles. The molecule has 4 rings (SSSR count). The third-order valence-electron chi connectivity index (χ3n) is 4.09. The summed E-state index contributed by atoms with van der Waals surface area (Å²) in [4.78, 5) is 20.7. The number of benzene rings is 2. The van der Waals surface area contributed by atoms with E-state index in [0.717, 1.165) is 11.1 Å². The molecule has 2 heterocycles. The lowest BCUT2D eigenvalue weighted by molar-refractivity contribution is 0.0956. The summed E-state index contributed by atoms with van der Waals surface area (Å²) in [6.07, 6.45) is 3.25. The molecule has 1 amide bonds. The van der Waals surface area contributed by atoms with Gasteiger partial charge in [0.25, 0.3) is 5.91 Å². The van der Waals surface area contributed by atoms with Gasteiger partial charge in [-0.05, 0) is 42.0 Å². The molecule has 0 bridgehead atoms. The van der Waals surface area contributed by atoms with Crippen LogP contribution in [0.3, 0.4) is 0 Å².